The highest BCUT2D eigenvalue weighted by Gasteiger charge is 2.14. The van der Waals surface area contributed by atoms with E-state index in [0.29, 0.717) is 18.0 Å². The molecule has 0 amide bonds. The molecule has 0 saturated heterocycles. The van der Waals surface area contributed by atoms with Crippen LogP contribution in [0.2, 0.25) is 0 Å². The normalized spacial score (nSPS) is 17.4. The summed E-state index contributed by atoms with van der Waals surface area (Å²) >= 11 is 0. The first-order chi connectivity index (χ1) is 7.01. The summed E-state index contributed by atoms with van der Waals surface area (Å²) in [4.78, 5) is 0. The molecule has 0 bridgehead atoms. The Bertz CT molecular complexity index is 213. The lowest BCUT2D eigenvalue weighted by Gasteiger charge is -2.25. The highest BCUT2D eigenvalue weighted by Crippen LogP contribution is 2.13. The van der Waals surface area contributed by atoms with Gasteiger partial charge in [-0.1, -0.05) is 37.6 Å². The fourth-order valence-electron chi connectivity index (χ4n) is 1.63. The lowest BCUT2D eigenvalue weighted by molar-refractivity contribution is 0.380. The van der Waals surface area contributed by atoms with Gasteiger partial charge in [-0.3, -0.25) is 0 Å². The smallest absolute Gasteiger partial charge is 0.0224 e. The minimum Gasteiger partial charge on any atom is -0.307 e. The van der Waals surface area contributed by atoms with Crippen molar-refractivity contribution >= 4 is 0 Å². The van der Waals surface area contributed by atoms with Crippen molar-refractivity contribution in [3.05, 3.63) is 23.8 Å². The lowest BCUT2D eigenvalue weighted by atomic mass is 9.96. The Kier molecular flexibility index (Phi) is 7.41. The lowest BCUT2D eigenvalue weighted by Crippen LogP contribution is -2.39. The maximum atomic E-state index is 3.65. The van der Waals surface area contributed by atoms with E-state index in [1.54, 1.807) is 0 Å². The van der Waals surface area contributed by atoms with Gasteiger partial charge in [-0.05, 0) is 40.0 Å². The van der Waals surface area contributed by atoms with Crippen LogP contribution in [-0.2, 0) is 0 Å². The van der Waals surface area contributed by atoms with E-state index < -0.39 is 0 Å². The van der Waals surface area contributed by atoms with Crippen molar-refractivity contribution in [1.82, 2.24) is 5.32 Å². The first-order valence-corrected chi connectivity index (χ1v) is 6.01. The van der Waals surface area contributed by atoms with Crippen LogP contribution in [0.15, 0.2) is 23.8 Å². The van der Waals surface area contributed by atoms with Crippen LogP contribution in [0, 0.1) is 5.92 Å². The molecule has 0 aromatic heterocycles. The Labute approximate surface area is 95.7 Å². The van der Waals surface area contributed by atoms with E-state index in [-0.39, 0.29) is 0 Å². The summed E-state index contributed by atoms with van der Waals surface area (Å²) < 4.78 is 0. The van der Waals surface area contributed by atoms with Gasteiger partial charge in [0, 0.05) is 12.1 Å². The van der Waals surface area contributed by atoms with Crippen molar-refractivity contribution in [2.75, 3.05) is 0 Å². The van der Waals surface area contributed by atoms with Gasteiger partial charge < -0.3 is 5.32 Å². The highest BCUT2D eigenvalue weighted by atomic mass is 14.9. The number of nitrogens with one attached hydrogen (secondary N) is 1. The van der Waals surface area contributed by atoms with Crippen LogP contribution in [0.1, 0.15) is 48.0 Å². The molecule has 0 spiro atoms. The fraction of sp³-hybridized carbons (Fsp3) is 0.714. The summed E-state index contributed by atoms with van der Waals surface area (Å²) in [5.74, 6) is 0.674. The summed E-state index contributed by atoms with van der Waals surface area (Å²) in [6.45, 7) is 13.2. The van der Waals surface area contributed by atoms with E-state index in [1.165, 1.54) is 5.57 Å². The highest BCUT2D eigenvalue weighted by molar-refractivity contribution is 5.01. The Hall–Kier alpha value is -0.560. The molecule has 0 aliphatic heterocycles. The van der Waals surface area contributed by atoms with Crippen molar-refractivity contribution in [2.45, 2.75) is 60.0 Å². The van der Waals surface area contributed by atoms with Crippen LogP contribution in [0.3, 0.4) is 0 Å². The first kappa shape index (κ1) is 14.4. The molecule has 0 aromatic carbocycles. The van der Waals surface area contributed by atoms with E-state index in [2.05, 4.69) is 65.1 Å². The molecule has 15 heavy (non-hydrogen) atoms. The third kappa shape index (κ3) is 6.51. The predicted octanol–water partition coefficient (Wildman–Crippen LogP) is 3.92. The molecule has 0 rings (SSSR count). The van der Waals surface area contributed by atoms with Crippen LogP contribution in [-0.4, -0.2) is 12.1 Å². The van der Waals surface area contributed by atoms with Crippen molar-refractivity contribution in [1.29, 1.82) is 0 Å². The molecule has 0 fully saturated rings. The molecular formula is C14H27N. The third-order valence-corrected chi connectivity index (χ3v) is 2.80. The Balaban J connectivity index is 4.28. The molecule has 1 heteroatoms. The van der Waals surface area contributed by atoms with Crippen LogP contribution >= 0.6 is 0 Å². The maximum Gasteiger partial charge on any atom is 0.0224 e. The zero-order valence-electron chi connectivity index (χ0n) is 11.2. The Morgan fingerprint density at radius 2 is 1.80 bits per heavy atom. The number of rotatable bonds is 6. The third-order valence-electron chi connectivity index (χ3n) is 2.80. The molecule has 0 aliphatic carbocycles. The fourth-order valence-corrected chi connectivity index (χ4v) is 1.63. The molecule has 0 aromatic rings. The average Bonchev–Trinajstić information content (AvgIpc) is 2.16. The molecule has 0 heterocycles. The first-order valence-electron chi connectivity index (χ1n) is 6.01. The summed E-state index contributed by atoms with van der Waals surface area (Å²) in [6, 6.07) is 1.04. The second-order valence-electron chi connectivity index (χ2n) is 4.67. The second-order valence-corrected chi connectivity index (χ2v) is 4.67. The molecule has 2 unspecified atom stereocenters. The van der Waals surface area contributed by atoms with Gasteiger partial charge in [0.1, 0.15) is 0 Å². The van der Waals surface area contributed by atoms with Gasteiger partial charge in [-0.2, -0.15) is 0 Å². The van der Waals surface area contributed by atoms with E-state index in [1.807, 2.05) is 0 Å². The number of hydrogen-bond acceptors (Lipinski definition) is 1. The quantitative estimate of drug-likeness (QED) is 0.654. The average molecular weight is 209 g/mol. The molecule has 88 valence electrons. The van der Waals surface area contributed by atoms with Gasteiger partial charge >= 0.3 is 0 Å². The molecule has 0 radical (unpaired) electrons. The Morgan fingerprint density at radius 1 is 1.20 bits per heavy atom. The van der Waals surface area contributed by atoms with Gasteiger partial charge in [-0.25, -0.2) is 0 Å². The van der Waals surface area contributed by atoms with Gasteiger partial charge in [0.2, 0.25) is 0 Å². The number of allylic oxidation sites excluding steroid dienone is 2. The minimum absolute atomic E-state index is 0.465. The summed E-state index contributed by atoms with van der Waals surface area (Å²) in [5.41, 5.74) is 1.47. The van der Waals surface area contributed by atoms with Crippen molar-refractivity contribution < 1.29 is 0 Å². The molecule has 0 aliphatic rings. The van der Waals surface area contributed by atoms with Crippen molar-refractivity contribution in [2.24, 2.45) is 5.92 Å². The molecular weight excluding hydrogens is 182 g/mol. The predicted molar refractivity (Wildman–Crippen MR) is 70.1 cm³/mol. The number of hydrogen-bond donors (Lipinski definition) is 1. The largest absolute Gasteiger partial charge is 0.307 e. The van der Waals surface area contributed by atoms with Crippen LogP contribution in [0.4, 0.5) is 0 Å². The van der Waals surface area contributed by atoms with Crippen LogP contribution < -0.4 is 5.32 Å². The molecule has 1 N–H and O–H groups in total. The van der Waals surface area contributed by atoms with Gasteiger partial charge in [0.05, 0.1) is 0 Å². The zero-order chi connectivity index (χ0) is 11.8. The second kappa shape index (κ2) is 7.70. The summed E-state index contributed by atoms with van der Waals surface area (Å²) in [5, 5.41) is 3.65. The monoisotopic (exact) mass is 209 g/mol. The minimum atomic E-state index is 0.465. The van der Waals surface area contributed by atoms with E-state index >= 15 is 0 Å². The molecule has 0 saturated carbocycles. The van der Waals surface area contributed by atoms with Crippen molar-refractivity contribution in [3.63, 3.8) is 0 Å². The van der Waals surface area contributed by atoms with Crippen molar-refractivity contribution in [3.8, 4) is 0 Å². The molecule has 2 atom stereocenters. The summed E-state index contributed by atoms with van der Waals surface area (Å²) in [7, 11) is 0. The Morgan fingerprint density at radius 3 is 2.20 bits per heavy atom. The maximum absolute atomic E-state index is 3.65. The van der Waals surface area contributed by atoms with Crippen LogP contribution in [0.5, 0.6) is 0 Å². The summed E-state index contributed by atoms with van der Waals surface area (Å²) in [6.07, 6.45) is 7.67. The van der Waals surface area contributed by atoms with Gasteiger partial charge in [-0.15, -0.1) is 0 Å². The van der Waals surface area contributed by atoms with E-state index in [4.69, 9.17) is 0 Å². The topological polar surface area (TPSA) is 12.0 Å². The van der Waals surface area contributed by atoms with Crippen LogP contribution in [0.25, 0.3) is 0 Å². The zero-order valence-corrected chi connectivity index (χ0v) is 11.2. The molecule has 1 nitrogen and oxygen atoms in total. The van der Waals surface area contributed by atoms with Gasteiger partial charge in [0.25, 0.3) is 0 Å². The van der Waals surface area contributed by atoms with E-state index in [0.717, 1.165) is 6.42 Å². The SMILES string of the molecule is C/C=C\C(C)NC(C/C(C)=C/C)C(C)C. The standard InChI is InChI=1S/C14H27N/c1-7-9-13(6)15-14(11(3)4)10-12(5)8-2/h7-9,11,13-15H,10H2,1-6H3/b9-7-,12-8+. The van der Waals surface area contributed by atoms with E-state index in [9.17, 15) is 0 Å². The van der Waals surface area contributed by atoms with Gasteiger partial charge in [0.15, 0.2) is 0 Å².